The number of rotatable bonds is 2. The van der Waals surface area contributed by atoms with E-state index in [0.717, 1.165) is 16.8 Å². The zero-order valence-corrected chi connectivity index (χ0v) is 11.3. The molecule has 19 heavy (non-hydrogen) atoms. The zero-order valence-electron chi connectivity index (χ0n) is 11.3. The molecule has 0 saturated carbocycles. The maximum Gasteiger partial charge on any atom is 0.258 e. The molecular formula is C16H17NO2. The van der Waals surface area contributed by atoms with Crippen LogP contribution >= 0.6 is 0 Å². The van der Waals surface area contributed by atoms with Gasteiger partial charge in [-0.05, 0) is 49.2 Å². The van der Waals surface area contributed by atoms with E-state index in [2.05, 4.69) is 0 Å². The van der Waals surface area contributed by atoms with Crippen LogP contribution in [0.5, 0.6) is 5.75 Å². The monoisotopic (exact) mass is 255 g/mol. The number of anilines is 1. The Balaban J connectivity index is 2.30. The van der Waals surface area contributed by atoms with Crippen molar-refractivity contribution in [1.82, 2.24) is 0 Å². The average Bonchev–Trinajstić information content (AvgIpc) is 2.40. The van der Waals surface area contributed by atoms with Gasteiger partial charge in [0.2, 0.25) is 0 Å². The molecule has 1 amide bonds. The molecule has 0 heterocycles. The summed E-state index contributed by atoms with van der Waals surface area (Å²) in [6, 6.07) is 12.7. The molecule has 2 aromatic rings. The number of phenols is 1. The minimum Gasteiger partial charge on any atom is -0.508 e. The summed E-state index contributed by atoms with van der Waals surface area (Å²) in [4.78, 5) is 13.9. The average molecular weight is 255 g/mol. The van der Waals surface area contributed by atoms with Crippen LogP contribution in [0.2, 0.25) is 0 Å². The molecule has 0 spiro atoms. The molecule has 0 aliphatic heterocycles. The highest BCUT2D eigenvalue weighted by Gasteiger charge is 2.14. The molecule has 2 aromatic carbocycles. The first-order valence-corrected chi connectivity index (χ1v) is 6.13. The molecule has 2 rings (SSSR count). The lowest BCUT2D eigenvalue weighted by Crippen LogP contribution is -2.26. The van der Waals surface area contributed by atoms with Gasteiger partial charge in [-0.25, -0.2) is 0 Å². The molecule has 0 unspecified atom stereocenters. The van der Waals surface area contributed by atoms with Crippen LogP contribution in [-0.4, -0.2) is 18.1 Å². The molecule has 3 nitrogen and oxygen atoms in total. The third kappa shape index (κ3) is 2.76. The second-order valence-electron chi connectivity index (χ2n) is 4.70. The molecule has 0 aliphatic rings. The van der Waals surface area contributed by atoms with Gasteiger partial charge >= 0.3 is 0 Å². The maximum absolute atomic E-state index is 12.3. The van der Waals surface area contributed by atoms with E-state index in [0.29, 0.717) is 5.56 Å². The summed E-state index contributed by atoms with van der Waals surface area (Å²) in [5.74, 6) is 0.00407. The fourth-order valence-electron chi connectivity index (χ4n) is 1.89. The van der Waals surface area contributed by atoms with Gasteiger partial charge in [0.15, 0.2) is 0 Å². The van der Waals surface area contributed by atoms with E-state index < -0.39 is 0 Å². The van der Waals surface area contributed by atoms with Gasteiger partial charge in [0.05, 0.1) is 0 Å². The Bertz CT molecular complexity index is 620. The van der Waals surface area contributed by atoms with Crippen LogP contribution in [0, 0.1) is 13.8 Å². The number of nitrogens with zero attached hydrogens (tertiary/aromatic N) is 1. The predicted octanol–water partition coefficient (Wildman–Crippen LogP) is 3.29. The summed E-state index contributed by atoms with van der Waals surface area (Å²) in [7, 11) is 1.73. The highest BCUT2D eigenvalue weighted by molar-refractivity contribution is 6.06. The number of phenolic OH excluding ortho intramolecular Hbond substituents is 1. The van der Waals surface area contributed by atoms with Crippen LogP contribution in [0.3, 0.4) is 0 Å². The second kappa shape index (κ2) is 5.14. The third-order valence-electron chi connectivity index (χ3n) is 3.15. The van der Waals surface area contributed by atoms with Crippen molar-refractivity contribution in [3.05, 3.63) is 59.2 Å². The molecule has 0 aliphatic carbocycles. The van der Waals surface area contributed by atoms with E-state index in [1.165, 1.54) is 6.07 Å². The van der Waals surface area contributed by atoms with E-state index in [1.807, 2.05) is 31.2 Å². The Morgan fingerprint density at radius 2 is 1.84 bits per heavy atom. The van der Waals surface area contributed by atoms with Gasteiger partial charge in [-0.1, -0.05) is 18.2 Å². The number of carbonyl (C=O) groups excluding carboxylic acids is 1. The molecule has 1 N–H and O–H groups in total. The lowest BCUT2D eigenvalue weighted by Gasteiger charge is -2.18. The summed E-state index contributed by atoms with van der Waals surface area (Å²) < 4.78 is 0. The second-order valence-corrected chi connectivity index (χ2v) is 4.70. The molecule has 3 heteroatoms. The van der Waals surface area contributed by atoms with Crippen molar-refractivity contribution >= 4 is 11.6 Å². The number of hydrogen-bond donors (Lipinski definition) is 1. The van der Waals surface area contributed by atoms with Crippen molar-refractivity contribution in [2.75, 3.05) is 11.9 Å². The Kier molecular flexibility index (Phi) is 3.56. The van der Waals surface area contributed by atoms with Gasteiger partial charge < -0.3 is 10.0 Å². The predicted molar refractivity (Wildman–Crippen MR) is 76.8 cm³/mol. The Morgan fingerprint density at radius 3 is 2.47 bits per heavy atom. The van der Waals surface area contributed by atoms with Gasteiger partial charge in [0.25, 0.3) is 5.91 Å². The van der Waals surface area contributed by atoms with Crippen LogP contribution in [0.25, 0.3) is 0 Å². The summed E-state index contributed by atoms with van der Waals surface area (Å²) in [6.45, 7) is 3.79. The number of aryl methyl sites for hydroxylation is 2. The highest BCUT2D eigenvalue weighted by Crippen LogP contribution is 2.21. The molecular weight excluding hydrogens is 238 g/mol. The number of benzene rings is 2. The van der Waals surface area contributed by atoms with Crippen LogP contribution in [0.1, 0.15) is 21.5 Å². The van der Waals surface area contributed by atoms with E-state index >= 15 is 0 Å². The first kappa shape index (κ1) is 13.1. The first-order valence-electron chi connectivity index (χ1n) is 6.13. The van der Waals surface area contributed by atoms with Crippen molar-refractivity contribution in [3.8, 4) is 5.75 Å². The molecule has 0 bridgehead atoms. The van der Waals surface area contributed by atoms with E-state index in [4.69, 9.17) is 0 Å². The molecule has 0 atom stereocenters. The zero-order chi connectivity index (χ0) is 14.0. The number of carbonyl (C=O) groups is 1. The van der Waals surface area contributed by atoms with Crippen LogP contribution < -0.4 is 4.90 Å². The van der Waals surface area contributed by atoms with Crippen LogP contribution in [-0.2, 0) is 0 Å². The summed E-state index contributed by atoms with van der Waals surface area (Å²) >= 11 is 0. The topological polar surface area (TPSA) is 40.5 Å². The maximum atomic E-state index is 12.3. The van der Waals surface area contributed by atoms with Crippen molar-refractivity contribution in [3.63, 3.8) is 0 Å². The fourth-order valence-corrected chi connectivity index (χ4v) is 1.89. The number of amides is 1. The largest absolute Gasteiger partial charge is 0.508 e. The van der Waals surface area contributed by atoms with Gasteiger partial charge in [-0.15, -0.1) is 0 Å². The first-order chi connectivity index (χ1) is 8.99. The highest BCUT2D eigenvalue weighted by atomic mass is 16.3. The lowest BCUT2D eigenvalue weighted by molar-refractivity contribution is 0.0992. The summed E-state index contributed by atoms with van der Waals surface area (Å²) in [6.07, 6.45) is 0. The molecule has 0 aromatic heterocycles. The van der Waals surface area contributed by atoms with Crippen LogP contribution in [0.4, 0.5) is 5.69 Å². The SMILES string of the molecule is Cc1cccc(N(C)C(=O)c2ccc(C)c(O)c2)c1. The van der Waals surface area contributed by atoms with Crippen molar-refractivity contribution in [1.29, 1.82) is 0 Å². The quantitative estimate of drug-likeness (QED) is 0.894. The molecule has 98 valence electrons. The van der Waals surface area contributed by atoms with Crippen molar-refractivity contribution in [2.24, 2.45) is 0 Å². The Hall–Kier alpha value is -2.29. The van der Waals surface area contributed by atoms with Crippen molar-refractivity contribution in [2.45, 2.75) is 13.8 Å². The van der Waals surface area contributed by atoms with Gasteiger partial charge in [-0.2, -0.15) is 0 Å². The van der Waals surface area contributed by atoms with Gasteiger partial charge in [-0.3, -0.25) is 4.79 Å². The molecule has 0 fully saturated rings. The number of aromatic hydroxyl groups is 1. The smallest absolute Gasteiger partial charge is 0.258 e. The minimum absolute atomic E-state index is 0.138. The van der Waals surface area contributed by atoms with E-state index in [-0.39, 0.29) is 11.7 Å². The van der Waals surface area contributed by atoms with Crippen molar-refractivity contribution < 1.29 is 9.90 Å². The standard InChI is InChI=1S/C16H17NO2/c1-11-5-4-6-14(9-11)17(3)16(19)13-8-7-12(2)15(18)10-13/h4-10,18H,1-3H3. The fraction of sp³-hybridized carbons (Fsp3) is 0.188. The minimum atomic E-state index is -0.138. The lowest BCUT2D eigenvalue weighted by atomic mass is 10.1. The third-order valence-corrected chi connectivity index (χ3v) is 3.15. The van der Waals surface area contributed by atoms with E-state index in [1.54, 1.807) is 31.0 Å². The Morgan fingerprint density at radius 1 is 1.11 bits per heavy atom. The summed E-state index contributed by atoms with van der Waals surface area (Å²) in [5, 5.41) is 9.67. The van der Waals surface area contributed by atoms with E-state index in [9.17, 15) is 9.90 Å². The van der Waals surface area contributed by atoms with Gasteiger partial charge in [0.1, 0.15) is 5.75 Å². The summed E-state index contributed by atoms with van der Waals surface area (Å²) in [5.41, 5.74) is 3.18. The normalized spacial score (nSPS) is 10.3. The molecule has 0 radical (unpaired) electrons. The molecule has 0 saturated heterocycles. The number of hydrogen-bond acceptors (Lipinski definition) is 2. The Labute approximate surface area is 113 Å². The van der Waals surface area contributed by atoms with Gasteiger partial charge in [0, 0.05) is 18.3 Å². The van der Waals surface area contributed by atoms with Crippen LogP contribution in [0.15, 0.2) is 42.5 Å².